The number of carbonyl (C=O) groups is 4. The molecule has 2 fully saturated rings. The second kappa shape index (κ2) is 23.0. The lowest BCUT2D eigenvalue weighted by Crippen LogP contribution is -2.66. The molecule has 17 nitrogen and oxygen atoms in total. The number of nitrogens with one attached hydrogen (secondary N) is 4. The average molecular weight is 1090 g/mol. The van der Waals surface area contributed by atoms with Crippen LogP contribution in [0.2, 0.25) is 0 Å². The van der Waals surface area contributed by atoms with Crippen LogP contribution >= 0.6 is 0 Å². The fraction of sp³-hybridized carbons (Fsp3) is 0.469. The quantitative estimate of drug-likeness (QED) is 0.0418. The van der Waals surface area contributed by atoms with E-state index in [0.717, 1.165) is 45.5 Å². The number of nitrogens with zero attached hydrogens (tertiary/aromatic N) is 5. The van der Waals surface area contributed by atoms with E-state index in [1.165, 1.54) is 24.3 Å². The summed E-state index contributed by atoms with van der Waals surface area (Å²) in [6.07, 6.45) is -15.6. The van der Waals surface area contributed by atoms with Crippen LogP contribution in [0.4, 0.5) is 59.3 Å². The van der Waals surface area contributed by atoms with Gasteiger partial charge in [-0.2, -0.15) is 40.2 Å². The Kier molecular flexibility index (Phi) is 17.6. The van der Waals surface area contributed by atoms with E-state index in [0.29, 0.717) is 69.2 Å². The predicted octanol–water partition coefficient (Wildman–Crippen LogP) is 6.40. The average Bonchev–Trinajstić information content (AvgIpc) is 3.83. The lowest BCUT2D eigenvalue weighted by atomic mass is 9.78. The molecule has 0 saturated carbocycles. The summed E-state index contributed by atoms with van der Waals surface area (Å²) in [5, 5.41) is 21.9. The van der Waals surface area contributed by atoms with Crippen LogP contribution in [-0.4, -0.2) is 133 Å². The topological polar surface area (TPSA) is 202 Å². The van der Waals surface area contributed by atoms with Crippen molar-refractivity contribution in [2.75, 3.05) is 51.9 Å². The van der Waals surface area contributed by atoms with E-state index in [2.05, 4.69) is 36.9 Å². The highest BCUT2D eigenvalue weighted by Gasteiger charge is 2.58. The van der Waals surface area contributed by atoms with Crippen molar-refractivity contribution in [2.24, 2.45) is 16.2 Å². The van der Waals surface area contributed by atoms with Crippen molar-refractivity contribution in [3.63, 3.8) is 0 Å². The molecule has 27 heteroatoms. The lowest BCUT2D eigenvalue weighted by molar-refractivity contribution is -0.239. The van der Waals surface area contributed by atoms with E-state index in [1.54, 1.807) is 12.3 Å². The predicted molar refractivity (Wildman–Crippen MR) is 249 cm³/mol. The number of anilines is 1. The minimum Gasteiger partial charge on any atom is -0.453 e. The fourth-order valence-electron chi connectivity index (χ4n) is 8.00. The summed E-state index contributed by atoms with van der Waals surface area (Å²) in [6, 6.07) is 6.74. The highest BCUT2D eigenvalue weighted by atomic mass is 19.4. The molecule has 2 aromatic heterocycles. The van der Waals surface area contributed by atoms with Crippen molar-refractivity contribution in [2.45, 2.75) is 83.9 Å². The highest BCUT2D eigenvalue weighted by Crippen LogP contribution is 2.43. The van der Waals surface area contributed by atoms with Crippen molar-refractivity contribution in [1.29, 1.82) is 0 Å². The van der Waals surface area contributed by atoms with Gasteiger partial charge in [0.15, 0.2) is 6.10 Å². The molecule has 2 aliphatic rings. The fourth-order valence-corrected chi connectivity index (χ4v) is 8.00. The van der Waals surface area contributed by atoms with Gasteiger partial charge in [-0.3, -0.25) is 15.0 Å². The van der Waals surface area contributed by atoms with Gasteiger partial charge >= 0.3 is 31.1 Å². The third-order valence-electron chi connectivity index (χ3n) is 13.0. The largest absolute Gasteiger partial charge is 0.453 e. The van der Waals surface area contributed by atoms with Crippen molar-refractivity contribution in [3.8, 4) is 23.0 Å². The molecule has 2 aliphatic heterocycles. The van der Waals surface area contributed by atoms with Crippen LogP contribution in [0.5, 0.6) is 0 Å². The van der Waals surface area contributed by atoms with Crippen molar-refractivity contribution in [1.82, 2.24) is 41.1 Å². The second-order valence-electron chi connectivity index (χ2n) is 19.4. The molecule has 76 heavy (non-hydrogen) atoms. The summed E-state index contributed by atoms with van der Waals surface area (Å²) in [5.41, 5.74) is -4.21. The van der Waals surface area contributed by atoms with Gasteiger partial charge < -0.3 is 40.2 Å². The number of alkyl carbamates (subject to hydrolysis) is 2. The number of rotatable bonds is 18. The van der Waals surface area contributed by atoms with Crippen LogP contribution < -0.4 is 26.3 Å². The summed E-state index contributed by atoms with van der Waals surface area (Å²) in [7, 11) is 1.78. The minimum atomic E-state index is -5.26. The molecule has 6 rings (SSSR count). The maximum absolute atomic E-state index is 16.0. The van der Waals surface area contributed by atoms with E-state index >= 15 is 8.78 Å². The van der Waals surface area contributed by atoms with Gasteiger partial charge in [0.05, 0.1) is 49.5 Å². The number of carbonyl (C=O) groups excluding carboxylic acids is 4. The number of methoxy groups -OCH3 is 1. The van der Waals surface area contributed by atoms with Crippen LogP contribution in [0, 0.1) is 39.7 Å². The van der Waals surface area contributed by atoms with E-state index in [-0.39, 0.29) is 26.8 Å². The summed E-state index contributed by atoms with van der Waals surface area (Å²) in [5.74, 6) is 0.578. The number of hydrogen-bond acceptors (Lipinski definition) is 12. The Hall–Kier alpha value is -7.18. The molecule has 0 unspecified atom stereocenters. The third kappa shape index (κ3) is 13.4. The Morgan fingerprint density at radius 3 is 1.96 bits per heavy atom. The number of aliphatic hydroxyl groups is 1. The van der Waals surface area contributed by atoms with E-state index in [1.807, 2.05) is 22.1 Å². The van der Waals surface area contributed by atoms with Gasteiger partial charge in [-0.15, -0.1) is 0 Å². The van der Waals surface area contributed by atoms with Crippen LogP contribution in [0.25, 0.3) is 11.1 Å². The number of halogens is 10. The molecule has 412 valence electrons. The Morgan fingerprint density at radius 1 is 0.842 bits per heavy atom. The first-order valence-corrected chi connectivity index (χ1v) is 23.1. The van der Waals surface area contributed by atoms with Gasteiger partial charge in [0, 0.05) is 67.9 Å². The van der Waals surface area contributed by atoms with Gasteiger partial charge in [-0.05, 0) is 81.6 Å². The Labute approximate surface area is 428 Å². The standard InChI is InChI=1S/C49H53F10N9O8/c1-45(2,48(54,55)56)38(64-44(73)74-6)40(70)63-35(15-28-10-7-27(8-11-28)9-12-29-13-14-37(61-18-29)66-23-47(24-66)25-75-26-47)36(69)22-67(65-41(71)39(76-43(72)60-5)46(3,4)49(57,58)59)21-32-33(50)16-30(17-34(32)51)31-19-62-68(20-31)42(52)53/h7-8,10-11,13-14,16-20,35-36,38-39,42,69H,15,21-26H2,1-6H3,(H,60,72)(H,63,70)(H,64,73)(H,65,71)/t35-,36-,38+,39+/m0/s1. The first-order valence-electron chi connectivity index (χ1n) is 23.1. The first kappa shape index (κ1) is 58.1. The normalized spacial score (nSPS) is 16.1. The summed E-state index contributed by atoms with van der Waals surface area (Å²) in [4.78, 5) is 59.2. The van der Waals surface area contributed by atoms with E-state index in [4.69, 9.17) is 9.47 Å². The summed E-state index contributed by atoms with van der Waals surface area (Å²) >= 11 is 0. The van der Waals surface area contributed by atoms with Crippen molar-refractivity contribution in [3.05, 3.63) is 101 Å². The highest BCUT2D eigenvalue weighted by molar-refractivity contribution is 5.87. The molecular weight excluding hydrogens is 1030 g/mol. The van der Waals surface area contributed by atoms with E-state index in [9.17, 15) is 59.4 Å². The second-order valence-corrected chi connectivity index (χ2v) is 19.4. The number of pyridine rings is 1. The molecule has 0 bridgehead atoms. The minimum absolute atomic E-state index is 0.172. The number of hydrogen-bond donors (Lipinski definition) is 5. The maximum atomic E-state index is 16.0. The molecule has 0 aliphatic carbocycles. The number of ether oxygens (including phenoxy) is 3. The zero-order chi connectivity index (χ0) is 56.1. The molecular formula is C49H53F10N9O8. The van der Waals surface area contributed by atoms with Gasteiger partial charge in [-0.25, -0.2) is 33.0 Å². The third-order valence-corrected chi connectivity index (χ3v) is 13.0. The maximum Gasteiger partial charge on any atom is 0.407 e. The zero-order valence-electron chi connectivity index (χ0n) is 41.5. The van der Waals surface area contributed by atoms with Crippen molar-refractivity contribution < 1.29 is 82.4 Å². The number of benzene rings is 2. The zero-order valence-corrected chi connectivity index (χ0v) is 41.5. The Balaban J connectivity index is 1.34. The number of hydrazine groups is 1. The summed E-state index contributed by atoms with van der Waals surface area (Å²) in [6.45, 7) is -0.176. The molecule has 0 radical (unpaired) electrons. The number of amides is 4. The van der Waals surface area contributed by atoms with Gasteiger partial charge in [-0.1, -0.05) is 24.0 Å². The Bertz CT molecular complexity index is 2760. The molecule has 4 amide bonds. The number of alkyl halides is 8. The molecule has 4 heterocycles. The van der Waals surface area contributed by atoms with Crippen LogP contribution in [0.1, 0.15) is 56.5 Å². The van der Waals surface area contributed by atoms with Gasteiger partial charge in [0.25, 0.3) is 5.91 Å². The number of aliphatic hydroxyl groups excluding tert-OH is 1. The summed E-state index contributed by atoms with van der Waals surface area (Å²) < 4.78 is 160. The lowest BCUT2D eigenvalue weighted by Gasteiger charge is -2.55. The van der Waals surface area contributed by atoms with Gasteiger partial charge in [0.2, 0.25) is 5.91 Å². The molecule has 1 spiro atoms. The molecule has 4 atom stereocenters. The molecule has 2 aromatic carbocycles. The molecule has 4 aromatic rings. The van der Waals surface area contributed by atoms with Crippen LogP contribution in [0.15, 0.2) is 67.1 Å². The SMILES string of the molecule is CNC(=O)O[C@H](C(=O)NN(Cc1c(F)cc(-c2cnn(C(F)F)c2)cc1F)C[C@H](O)[C@H](Cc1ccc(C#Cc2ccc(N3CC4(COC4)C3)nc2)cc1)NC(=O)[C@@H](NC(=O)OC)C(C)(C)C(F)(F)F)C(C)(C)C(F)(F)F. The van der Waals surface area contributed by atoms with Crippen LogP contribution in [-0.2, 0) is 36.8 Å². The monoisotopic (exact) mass is 1090 g/mol. The number of aromatic nitrogens is 3. The molecule has 2 saturated heterocycles. The Morgan fingerprint density at radius 2 is 1.45 bits per heavy atom. The molecule has 5 N–H and O–H groups in total. The van der Waals surface area contributed by atoms with Crippen LogP contribution in [0.3, 0.4) is 0 Å². The van der Waals surface area contributed by atoms with Gasteiger partial charge in [0.1, 0.15) is 28.9 Å². The first-order chi connectivity index (χ1) is 35.5. The van der Waals surface area contributed by atoms with E-state index < -0.39 is 115 Å². The van der Waals surface area contributed by atoms with Crippen molar-refractivity contribution >= 4 is 29.8 Å². The smallest absolute Gasteiger partial charge is 0.407 e.